The summed E-state index contributed by atoms with van der Waals surface area (Å²) in [5, 5.41) is 2.94. The molecule has 1 amide bonds. The zero-order valence-corrected chi connectivity index (χ0v) is 20.0. The Balaban J connectivity index is 1.66. The molecule has 2 aromatic rings. The molecule has 2 heterocycles. The van der Waals surface area contributed by atoms with Crippen LogP contribution in [0.15, 0.2) is 40.6 Å². The average molecular weight is 487 g/mol. The number of hydrogen-bond donors (Lipinski definition) is 1. The molecule has 7 nitrogen and oxygen atoms in total. The van der Waals surface area contributed by atoms with E-state index in [-0.39, 0.29) is 22.1 Å². The van der Waals surface area contributed by atoms with Crippen LogP contribution < -0.4 is 10.1 Å². The van der Waals surface area contributed by atoms with E-state index in [1.165, 1.54) is 19.2 Å². The summed E-state index contributed by atoms with van der Waals surface area (Å²) in [4.78, 5) is 12.6. The number of hydrogen-bond acceptors (Lipinski definition) is 6. The van der Waals surface area contributed by atoms with E-state index in [9.17, 15) is 13.2 Å². The fourth-order valence-electron chi connectivity index (χ4n) is 3.60. The average Bonchev–Trinajstić information content (AvgIpc) is 3.21. The number of amides is 1. The minimum absolute atomic E-state index is 0.114. The summed E-state index contributed by atoms with van der Waals surface area (Å²) in [6.45, 7) is 3.89. The predicted molar refractivity (Wildman–Crippen MR) is 121 cm³/mol. The van der Waals surface area contributed by atoms with Gasteiger partial charge in [0.1, 0.15) is 9.96 Å². The van der Waals surface area contributed by atoms with Crippen molar-refractivity contribution in [3.8, 4) is 5.75 Å². The summed E-state index contributed by atoms with van der Waals surface area (Å²) in [5.41, 5.74) is 0.839. The van der Waals surface area contributed by atoms with Crippen LogP contribution in [0.4, 0.5) is 0 Å². The molecule has 1 aromatic heterocycles. The number of halogens is 1. The maximum absolute atomic E-state index is 12.6. The predicted octanol–water partition coefficient (Wildman–Crippen LogP) is 3.29. The molecule has 1 aromatic carbocycles. The highest BCUT2D eigenvalue weighted by Crippen LogP contribution is 2.35. The van der Waals surface area contributed by atoms with Gasteiger partial charge in [-0.3, -0.25) is 4.79 Å². The van der Waals surface area contributed by atoms with E-state index in [0.29, 0.717) is 30.7 Å². The van der Waals surface area contributed by atoms with Crippen LogP contribution in [-0.4, -0.2) is 58.6 Å². The zero-order chi connectivity index (χ0) is 22.5. The van der Waals surface area contributed by atoms with E-state index in [1.807, 2.05) is 31.2 Å². The molecule has 1 saturated heterocycles. The topological polar surface area (TPSA) is 84.9 Å². The fourth-order valence-corrected chi connectivity index (χ4v) is 6.42. The zero-order valence-electron chi connectivity index (χ0n) is 17.6. The summed E-state index contributed by atoms with van der Waals surface area (Å²) < 4.78 is 37.9. The Bertz CT molecular complexity index is 985. The molecule has 10 heteroatoms. The van der Waals surface area contributed by atoms with Crippen LogP contribution in [0, 0.1) is 0 Å². The number of nitrogens with zero attached hydrogens (tertiary/aromatic N) is 1. The second kappa shape index (κ2) is 10.3. The Morgan fingerprint density at radius 1 is 1.23 bits per heavy atom. The normalized spacial score (nSPS) is 16.3. The lowest BCUT2D eigenvalue weighted by atomic mass is 9.74. The third kappa shape index (κ3) is 5.78. The van der Waals surface area contributed by atoms with Gasteiger partial charge in [0.05, 0.1) is 17.5 Å². The maximum atomic E-state index is 12.6. The summed E-state index contributed by atoms with van der Waals surface area (Å²) >= 11 is 6.82. The summed E-state index contributed by atoms with van der Waals surface area (Å²) in [6, 6.07) is 10.9. The molecule has 31 heavy (non-hydrogen) atoms. The van der Waals surface area contributed by atoms with Crippen LogP contribution in [0.1, 0.15) is 25.3 Å². The van der Waals surface area contributed by atoms with Crippen molar-refractivity contribution in [2.24, 2.45) is 0 Å². The molecule has 1 N–H and O–H groups in total. The number of sulfonamides is 1. The van der Waals surface area contributed by atoms with Crippen LogP contribution in [0.25, 0.3) is 0 Å². The van der Waals surface area contributed by atoms with E-state index >= 15 is 0 Å². The molecule has 170 valence electrons. The minimum Gasteiger partial charge on any atom is -0.494 e. The molecule has 3 rings (SSSR count). The van der Waals surface area contributed by atoms with Gasteiger partial charge in [-0.05, 0) is 49.6 Å². The highest BCUT2D eigenvalue weighted by atomic mass is 35.5. The van der Waals surface area contributed by atoms with E-state index in [0.717, 1.165) is 39.8 Å². The Morgan fingerprint density at radius 2 is 1.90 bits per heavy atom. The van der Waals surface area contributed by atoms with Gasteiger partial charge in [0.25, 0.3) is 10.0 Å². The van der Waals surface area contributed by atoms with Gasteiger partial charge in [0, 0.05) is 32.2 Å². The summed E-state index contributed by atoms with van der Waals surface area (Å²) in [5.74, 6) is 0.448. The van der Waals surface area contributed by atoms with Gasteiger partial charge in [0.15, 0.2) is 0 Å². The van der Waals surface area contributed by atoms with E-state index < -0.39 is 10.0 Å². The van der Waals surface area contributed by atoms with Crippen LogP contribution in [0.5, 0.6) is 5.75 Å². The number of nitrogens with one attached hydrogen (secondary N) is 1. The molecule has 0 aliphatic carbocycles. The van der Waals surface area contributed by atoms with Crippen molar-refractivity contribution in [1.82, 2.24) is 9.62 Å². The molecular formula is C21H27ClN2O5S2. The Hall–Kier alpha value is -1.65. The van der Waals surface area contributed by atoms with Crippen LogP contribution >= 0.6 is 22.9 Å². The van der Waals surface area contributed by atoms with Crippen molar-refractivity contribution in [2.45, 2.75) is 29.4 Å². The Labute approximate surface area is 192 Å². The molecule has 1 aliphatic heterocycles. The fraction of sp³-hybridized carbons (Fsp3) is 0.476. The van der Waals surface area contributed by atoms with Gasteiger partial charge in [-0.1, -0.05) is 23.7 Å². The second-order valence-corrected chi connectivity index (χ2v) is 11.4. The quantitative estimate of drug-likeness (QED) is 0.588. The number of likely N-dealkylation sites (N-methyl/N-ethyl adjacent to an activating group) is 1. The van der Waals surface area contributed by atoms with Crippen molar-refractivity contribution >= 4 is 38.9 Å². The van der Waals surface area contributed by atoms with Gasteiger partial charge in [0.2, 0.25) is 5.91 Å². The first-order chi connectivity index (χ1) is 14.8. The van der Waals surface area contributed by atoms with Crippen molar-refractivity contribution in [3.05, 3.63) is 46.3 Å². The standard InChI is InChI=1S/C21H27ClN2O5S2/c1-3-29-17-6-4-16(5-7-17)21(10-12-28-13-11-21)15-23-19(25)14-24(2)31(26,27)20-9-8-18(22)30-20/h4-9H,3,10-15H2,1-2H3,(H,23,25). The molecule has 1 aliphatic rings. The van der Waals surface area contributed by atoms with Gasteiger partial charge < -0.3 is 14.8 Å². The first kappa shape index (κ1) is 24.0. The minimum atomic E-state index is -3.76. The number of rotatable bonds is 9. The molecule has 0 radical (unpaired) electrons. The number of carbonyl (C=O) groups is 1. The summed E-state index contributed by atoms with van der Waals surface area (Å²) in [6.07, 6.45) is 1.53. The maximum Gasteiger partial charge on any atom is 0.252 e. The smallest absolute Gasteiger partial charge is 0.252 e. The number of ether oxygens (including phenoxy) is 2. The first-order valence-electron chi connectivity index (χ1n) is 10.1. The molecule has 0 spiro atoms. The second-order valence-electron chi connectivity index (χ2n) is 7.45. The van der Waals surface area contributed by atoms with Crippen molar-refractivity contribution in [2.75, 3.05) is 40.0 Å². The number of carbonyl (C=O) groups excluding carboxylic acids is 1. The van der Waals surface area contributed by atoms with Crippen LogP contribution in [0.3, 0.4) is 0 Å². The van der Waals surface area contributed by atoms with E-state index in [4.69, 9.17) is 21.1 Å². The highest BCUT2D eigenvalue weighted by molar-refractivity contribution is 7.91. The van der Waals surface area contributed by atoms with Crippen molar-refractivity contribution < 1.29 is 22.7 Å². The highest BCUT2D eigenvalue weighted by Gasteiger charge is 2.35. The monoisotopic (exact) mass is 486 g/mol. The number of thiophene rings is 1. The largest absolute Gasteiger partial charge is 0.494 e. The molecule has 0 bridgehead atoms. The van der Waals surface area contributed by atoms with Gasteiger partial charge in [-0.15, -0.1) is 11.3 Å². The number of benzene rings is 1. The van der Waals surface area contributed by atoms with Crippen molar-refractivity contribution in [3.63, 3.8) is 0 Å². The molecule has 1 fully saturated rings. The lowest BCUT2D eigenvalue weighted by molar-refractivity contribution is -0.121. The third-order valence-corrected chi connectivity index (χ3v) is 8.93. The van der Waals surface area contributed by atoms with Crippen LogP contribution in [0.2, 0.25) is 4.34 Å². The SMILES string of the molecule is CCOc1ccc(C2(CNC(=O)CN(C)S(=O)(=O)c3ccc(Cl)s3)CCOCC2)cc1. The van der Waals surface area contributed by atoms with Gasteiger partial charge in [-0.25, -0.2) is 8.42 Å². The third-order valence-electron chi connectivity index (χ3n) is 5.43. The van der Waals surface area contributed by atoms with Gasteiger partial charge >= 0.3 is 0 Å². The van der Waals surface area contributed by atoms with Crippen LogP contribution in [-0.2, 0) is 25.0 Å². The first-order valence-corrected chi connectivity index (χ1v) is 12.7. The molecular weight excluding hydrogens is 460 g/mol. The lowest BCUT2D eigenvalue weighted by Gasteiger charge is -2.38. The summed E-state index contributed by atoms with van der Waals surface area (Å²) in [7, 11) is -2.37. The van der Waals surface area contributed by atoms with E-state index in [1.54, 1.807) is 0 Å². The molecule has 0 saturated carbocycles. The van der Waals surface area contributed by atoms with Gasteiger partial charge in [-0.2, -0.15) is 4.31 Å². The van der Waals surface area contributed by atoms with E-state index in [2.05, 4.69) is 5.32 Å². The molecule has 0 unspecified atom stereocenters. The van der Waals surface area contributed by atoms with Crippen molar-refractivity contribution in [1.29, 1.82) is 0 Å². The Kier molecular flexibility index (Phi) is 7.98. The Morgan fingerprint density at radius 3 is 2.48 bits per heavy atom. The lowest BCUT2D eigenvalue weighted by Crippen LogP contribution is -2.47. The molecule has 0 atom stereocenters.